The van der Waals surface area contributed by atoms with Crippen LogP contribution in [0.5, 0.6) is 0 Å². The molecule has 102 valence electrons. The third kappa shape index (κ3) is 2.97. The zero-order valence-corrected chi connectivity index (χ0v) is 12.0. The molecule has 2 aromatic carbocycles. The summed E-state index contributed by atoms with van der Waals surface area (Å²) in [6, 6.07) is 15.6. The van der Waals surface area contributed by atoms with Crippen LogP contribution in [-0.4, -0.2) is 12.5 Å². The molecular formula is C18H19NO. The fourth-order valence-corrected chi connectivity index (χ4v) is 2.15. The summed E-state index contributed by atoms with van der Waals surface area (Å²) in [6.07, 6.45) is 1.75. The molecule has 0 aromatic heterocycles. The number of hydrogen-bond acceptors (Lipinski definition) is 1. The van der Waals surface area contributed by atoms with Crippen molar-refractivity contribution in [3.05, 3.63) is 77.9 Å². The first-order valence-corrected chi connectivity index (χ1v) is 6.68. The maximum absolute atomic E-state index is 12.8. The molecule has 2 nitrogen and oxygen atoms in total. The average molecular weight is 265 g/mol. The summed E-state index contributed by atoms with van der Waals surface area (Å²) in [5, 5.41) is 0. The Labute approximate surface area is 120 Å². The van der Waals surface area contributed by atoms with Crippen molar-refractivity contribution in [1.82, 2.24) is 0 Å². The van der Waals surface area contributed by atoms with Crippen LogP contribution in [0.15, 0.2) is 61.2 Å². The first-order valence-electron chi connectivity index (χ1n) is 6.68. The second kappa shape index (κ2) is 6.20. The molecule has 0 aliphatic rings. The van der Waals surface area contributed by atoms with Crippen molar-refractivity contribution in [2.45, 2.75) is 13.8 Å². The Balaban J connectivity index is 2.41. The Morgan fingerprint density at radius 3 is 2.50 bits per heavy atom. The van der Waals surface area contributed by atoms with Crippen molar-refractivity contribution in [2.24, 2.45) is 0 Å². The molecule has 2 rings (SSSR count). The minimum Gasteiger partial charge on any atom is -0.305 e. The van der Waals surface area contributed by atoms with Crippen LogP contribution in [0.4, 0.5) is 5.69 Å². The van der Waals surface area contributed by atoms with Gasteiger partial charge in [0.25, 0.3) is 5.91 Å². The summed E-state index contributed by atoms with van der Waals surface area (Å²) in [7, 11) is 0. The normalized spacial score (nSPS) is 10.1. The monoisotopic (exact) mass is 265 g/mol. The number of para-hydroxylation sites is 1. The molecular weight excluding hydrogens is 246 g/mol. The second-order valence-corrected chi connectivity index (χ2v) is 4.86. The third-order valence-corrected chi connectivity index (χ3v) is 3.25. The van der Waals surface area contributed by atoms with Crippen LogP contribution in [0.25, 0.3) is 0 Å². The summed E-state index contributed by atoms with van der Waals surface area (Å²) in [6.45, 7) is 8.20. The van der Waals surface area contributed by atoms with Gasteiger partial charge < -0.3 is 4.90 Å². The van der Waals surface area contributed by atoms with E-state index in [-0.39, 0.29) is 5.91 Å². The molecule has 0 N–H and O–H groups in total. The topological polar surface area (TPSA) is 20.3 Å². The predicted molar refractivity (Wildman–Crippen MR) is 84.2 cm³/mol. The number of rotatable bonds is 4. The first-order chi connectivity index (χ1) is 9.63. The van der Waals surface area contributed by atoms with Gasteiger partial charge in [-0.1, -0.05) is 42.0 Å². The number of anilines is 1. The molecule has 0 spiro atoms. The molecule has 0 radical (unpaired) electrons. The standard InChI is InChI=1S/C18H19NO/c1-4-12-19(16-8-6-5-7-9-16)18(20)17-13-14(2)10-11-15(17)3/h4-11,13H,1,12H2,2-3H3. The van der Waals surface area contributed by atoms with Crippen molar-refractivity contribution in [3.8, 4) is 0 Å². The number of nitrogens with zero attached hydrogens (tertiary/aromatic N) is 1. The van der Waals surface area contributed by atoms with Crippen molar-refractivity contribution in [2.75, 3.05) is 11.4 Å². The number of hydrogen-bond donors (Lipinski definition) is 0. The van der Waals surface area contributed by atoms with Gasteiger partial charge in [-0.2, -0.15) is 0 Å². The fraction of sp³-hybridized carbons (Fsp3) is 0.167. The van der Waals surface area contributed by atoms with E-state index < -0.39 is 0 Å². The molecule has 1 amide bonds. The van der Waals surface area contributed by atoms with E-state index >= 15 is 0 Å². The van der Waals surface area contributed by atoms with Gasteiger partial charge >= 0.3 is 0 Å². The van der Waals surface area contributed by atoms with E-state index in [2.05, 4.69) is 6.58 Å². The Hall–Kier alpha value is -2.35. The van der Waals surface area contributed by atoms with Gasteiger partial charge in [0, 0.05) is 17.8 Å². The van der Waals surface area contributed by atoms with Crippen molar-refractivity contribution < 1.29 is 4.79 Å². The van der Waals surface area contributed by atoms with E-state index in [1.807, 2.05) is 62.4 Å². The van der Waals surface area contributed by atoms with Gasteiger partial charge in [-0.3, -0.25) is 4.79 Å². The van der Waals surface area contributed by atoms with Crippen LogP contribution in [0.3, 0.4) is 0 Å². The van der Waals surface area contributed by atoms with Gasteiger partial charge in [-0.25, -0.2) is 0 Å². The van der Waals surface area contributed by atoms with Crippen molar-refractivity contribution >= 4 is 11.6 Å². The molecule has 0 fully saturated rings. The largest absolute Gasteiger partial charge is 0.305 e. The van der Waals surface area contributed by atoms with Crippen molar-refractivity contribution in [3.63, 3.8) is 0 Å². The van der Waals surface area contributed by atoms with Gasteiger partial charge in [0.15, 0.2) is 0 Å². The number of carbonyl (C=O) groups excluding carboxylic acids is 1. The van der Waals surface area contributed by atoms with Crippen molar-refractivity contribution in [1.29, 1.82) is 0 Å². The minimum atomic E-state index is 0.0114. The zero-order valence-electron chi connectivity index (χ0n) is 12.0. The number of carbonyl (C=O) groups is 1. The van der Waals surface area contributed by atoms with Crippen LogP contribution in [-0.2, 0) is 0 Å². The smallest absolute Gasteiger partial charge is 0.258 e. The Morgan fingerprint density at radius 2 is 1.85 bits per heavy atom. The molecule has 0 aliphatic carbocycles. The van der Waals surface area contributed by atoms with E-state index in [9.17, 15) is 4.79 Å². The highest BCUT2D eigenvalue weighted by Crippen LogP contribution is 2.19. The van der Waals surface area contributed by atoms with Gasteiger partial charge in [-0.15, -0.1) is 6.58 Å². The summed E-state index contributed by atoms with van der Waals surface area (Å²) < 4.78 is 0. The second-order valence-electron chi connectivity index (χ2n) is 4.86. The maximum atomic E-state index is 12.8. The Morgan fingerprint density at radius 1 is 1.15 bits per heavy atom. The molecule has 0 saturated heterocycles. The molecule has 0 heterocycles. The molecule has 0 bridgehead atoms. The third-order valence-electron chi connectivity index (χ3n) is 3.25. The van der Waals surface area contributed by atoms with E-state index in [1.165, 1.54) is 0 Å². The predicted octanol–water partition coefficient (Wildman–Crippen LogP) is 4.14. The van der Waals surface area contributed by atoms with Gasteiger partial charge in [0.2, 0.25) is 0 Å². The van der Waals surface area contributed by atoms with Crippen LogP contribution in [0.1, 0.15) is 21.5 Å². The molecule has 2 aromatic rings. The number of benzene rings is 2. The summed E-state index contributed by atoms with van der Waals surface area (Å²) in [5.41, 5.74) is 3.71. The summed E-state index contributed by atoms with van der Waals surface area (Å²) in [5.74, 6) is 0.0114. The molecule has 0 unspecified atom stereocenters. The van der Waals surface area contributed by atoms with Gasteiger partial charge in [-0.05, 0) is 37.6 Å². The average Bonchev–Trinajstić information content (AvgIpc) is 2.47. The minimum absolute atomic E-state index is 0.0114. The summed E-state index contributed by atoms with van der Waals surface area (Å²) in [4.78, 5) is 14.5. The lowest BCUT2D eigenvalue weighted by atomic mass is 10.0. The Kier molecular flexibility index (Phi) is 4.36. The van der Waals surface area contributed by atoms with Crippen LogP contribution < -0.4 is 4.90 Å². The SMILES string of the molecule is C=CCN(C(=O)c1cc(C)ccc1C)c1ccccc1. The lowest BCUT2D eigenvalue weighted by Crippen LogP contribution is -2.31. The first kappa shape index (κ1) is 14.1. The lowest BCUT2D eigenvalue weighted by Gasteiger charge is -2.22. The van der Waals surface area contributed by atoms with Gasteiger partial charge in [0.1, 0.15) is 0 Å². The van der Waals surface area contributed by atoms with E-state index in [1.54, 1.807) is 11.0 Å². The maximum Gasteiger partial charge on any atom is 0.258 e. The fourth-order valence-electron chi connectivity index (χ4n) is 2.15. The molecule has 0 aliphatic heterocycles. The van der Waals surface area contributed by atoms with Crippen LogP contribution in [0.2, 0.25) is 0 Å². The number of aryl methyl sites for hydroxylation is 2. The highest BCUT2D eigenvalue weighted by molar-refractivity contribution is 6.07. The lowest BCUT2D eigenvalue weighted by molar-refractivity contribution is 0.0989. The van der Waals surface area contributed by atoms with E-state index in [0.29, 0.717) is 6.54 Å². The highest BCUT2D eigenvalue weighted by atomic mass is 16.2. The quantitative estimate of drug-likeness (QED) is 0.761. The molecule has 0 atom stereocenters. The zero-order chi connectivity index (χ0) is 14.5. The molecule has 0 saturated carbocycles. The highest BCUT2D eigenvalue weighted by Gasteiger charge is 2.18. The molecule has 2 heteroatoms. The summed E-state index contributed by atoms with van der Waals surface area (Å²) >= 11 is 0. The van der Waals surface area contributed by atoms with E-state index in [0.717, 1.165) is 22.4 Å². The Bertz CT molecular complexity index is 617. The van der Waals surface area contributed by atoms with E-state index in [4.69, 9.17) is 0 Å². The van der Waals surface area contributed by atoms with Crippen LogP contribution in [0, 0.1) is 13.8 Å². The van der Waals surface area contributed by atoms with Crippen LogP contribution >= 0.6 is 0 Å². The van der Waals surface area contributed by atoms with Gasteiger partial charge in [0.05, 0.1) is 0 Å². The number of amides is 1. The molecule has 20 heavy (non-hydrogen) atoms.